The average molecular weight is 308 g/mol. The summed E-state index contributed by atoms with van der Waals surface area (Å²) in [7, 11) is -2.08. The van der Waals surface area contributed by atoms with Crippen molar-refractivity contribution in [2.24, 2.45) is 0 Å². The molecule has 0 aromatic heterocycles. The van der Waals surface area contributed by atoms with Crippen molar-refractivity contribution < 1.29 is 17.9 Å². The Morgan fingerprint density at radius 1 is 1.38 bits per heavy atom. The average Bonchev–Trinajstić information content (AvgIpc) is 2.28. The Hall–Kier alpha value is -1.08. The third-order valence-electron chi connectivity index (χ3n) is 1.72. The first-order chi connectivity index (χ1) is 7.48. The highest BCUT2D eigenvalue weighted by Gasteiger charge is 2.09. The molecule has 1 aromatic rings. The summed E-state index contributed by atoms with van der Waals surface area (Å²) in [5.74, 6) is -0.463. The molecule has 0 saturated carbocycles. The molecule has 0 aliphatic rings. The number of hydrogen-bond acceptors (Lipinski definition) is 4. The minimum Gasteiger partial charge on any atom is -0.465 e. The van der Waals surface area contributed by atoms with Gasteiger partial charge in [-0.1, -0.05) is 15.9 Å². The molecule has 0 radical (unpaired) electrons. The summed E-state index contributed by atoms with van der Waals surface area (Å²) in [5.41, 5.74) is 0.761. The van der Waals surface area contributed by atoms with E-state index in [1.807, 2.05) is 0 Å². The fourth-order valence-electron chi connectivity index (χ4n) is 0.999. The van der Waals surface area contributed by atoms with Crippen LogP contribution in [0.1, 0.15) is 10.4 Å². The van der Waals surface area contributed by atoms with E-state index < -0.39 is 16.0 Å². The van der Waals surface area contributed by atoms with Gasteiger partial charge < -0.3 is 4.74 Å². The molecule has 0 spiro atoms. The highest BCUT2D eigenvalue weighted by atomic mass is 79.9. The van der Waals surface area contributed by atoms with Crippen molar-refractivity contribution in [1.82, 2.24) is 0 Å². The number of anilines is 1. The minimum absolute atomic E-state index is 0.182. The van der Waals surface area contributed by atoms with Crippen LogP contribution in [0, 0.1) is 0 Å². The van der Waals surface area contributed by atoms with Gasteiger partial charge >= 0.3 is 5.97 Å². The number of nitrogens with one attached hydrogen (secondary N) is 1. The molecule has 0 aliphatic carbocycles. The quantitative estimate of drug-likeness (QED) is 0.677. The fraction of sp³-hybridized carbons (Fsp3) is 0.222. The molecule has 0 bridgehead atoms. The molecular formula is C9H10BrNO4S. The third kappa shape index (κ3) is 3.49. The van der Waals surface area contributed by atoms with Gasteiger partial charge in [-0.2, -0.15) is 0 Å². The lowest BCUT2D eigenvalue weighted by Crippen LogP contribution is -2.13. The van der Waals surface area contributed by atoms with Gasteiger partial charge in [0.15, 0.2) is 0 Å². The number of rotatable bonds is 4. The van der Waals surface area contributed by atoms with Crippen molar-refractivity contribution in [2.45, 2.75) is 0 Å². The van der Waals surface area contributed by atoms with Gasteiger partial charge in [0.05, 0.1) is 12.7 Å². The van der Waals surface area contributed by atoms with Crippen molar-refractivity contribution in [3.8, 4) is 0 Å². The lowest BCUT2D eigenvalue weighted by Gasteiger charge is -2.05. The highest BCUT2D eigenvalue weighted by molar-refractivity contribution is 9.10. The lowest BCUT2D eigenvalue weighted by atomic mass is 10.2. The number of hydrogen-bond donors (Lipinski definition) is 1. The minimum atomic E-state index is -3.36. The smallest absolute Gasteiger partial charge is 0.337 e. The van der Waals surface area contributed by atoms with Gasteiger partial charge in [-0.3, -0.25) is 4.72 Å². The van der Waals surface area contributed by atoms with E-state index in [0.717, 1.165) is 0 Å². The lowest BCUT2D eigenvalue weighted by molar-refractivity contribution is 0.0601. The second-order valence-electron chi connectivity index (χ2n) is 2.89. The third-order valence-corrected chi connectivity index (χ3v) is 4.37. The summed E-state index contributed by atoms with van der Waals surface area (Å²) in [6.07, 6.45) is 0. The number of halogens is 1. The van der Waals surface area contributed by atoms with Crippen LogP contribution in [0.25, 0.3) is 0 Å². The van der Waals surface area contributed by atoms with Gasteiger partial charge in [-0.15, -0.1) is 0 Å². The van der Waals surface area contributed by atoms with Crippen molar-refractivity contribution >= 4 is 37.6 Å². The van der Waals surface area contributed by atoms with E-state index in [4.69, 9.17) is 0 Å². The summed E-state index contributed by atoms with van der Waals surface area (Å²) >= 11 is 2.85. The van der Waals surface area contributed by atoms with Crippen LogP contribution in [-0.4, -0.2) is 26.2 Å². The van der Waals surface area contributed by atoms with Gasteiger partial charge in [0, 0.05) is 5.69 Å². The van der Waals surface area contributed by atoms with E-state index in [2.05, 4.69) is 25.4 Å². The van der Waals surface area contributed by atoms with Crippen LogP contribution < -0.4 is 4.72 Å². The Morgan fingerprint density at radius 3 is 2.38 bits per heavy atom. The highest BCUT2D eigenvalue weighted by Crippen LogP contribution is 2.12. The largest absolute Gasteiger partial charge is 0.465 e. The van der Waals surface area contributed by atoms with E-state index in [9.17, 15) is 13.2 Å². The van der Waals surface area contributed by atoms with Crippen LogP contribution >= 0.6 is 15.9 Å². The SMILES string of the molecule is COC(=O)c1ccc(NS(=O)(=O)CBr)cc1. The molecule has 0 atom stereocenters. The monoisotopic (exact) mass is 307 g/mol. The number of sulfonamides is 1. The summed E-state index contributed by atoms with van der Waals surface area (Å²) < 4.78 is 29.0. The van der Waals surface area contributed by atoms with E-state index in [-0.39, 0.29) is 4.66 Å². The van der Waals surface area contributed by atoms with Crippen molar-refractivity contribution in [1.29, 1.82) is 0 Å². The van der Waals surface area contributed by atoms with E-state index in [1.165, 1.54) is 31.4 Å². The number of methoxy groups -OCH3 is 1. The predicted molar refractivity (Wildman–Crippen MR) is 64.1 cm³/mol. The van der Waals surface area contributed by atoms with E-state index >= 15 is 0 Å². The maximum Gasteiger partial charge on any atom is 0.337 e. The van der Waals surface area contributed by atoms with Crippen molar-refractivity contribution in [3.05, 3.63) is 29.8 Å². The Balaban J connectivity index is 2.84. The second kappa shape index (κ2) is 5.31. The predicted octanol–water partition coefficient (Wildman–Crippen LogP) is 1.57. The molecule has 16 heavy (non-hydrogen) atoms. The van der Waals surface area contributed by atoms with Crippen LogP contribution in [0.5, 0.6) is 0 Å². The number of alkyl halides is 1. The number of carbonyl (C=O) groups is 1. The Bertz CT molecular complexity index is 469. The number of benzene rings is 1. The topological polar surface area (TPSA) is 72.5 Å². The van der Waals surface area contributed by atoms with Crippen LogP contribution in [-0.2, 0) is 14.8 Å². The zero-order chi connectivity index (χ0) is 12.2. The molecule has 5 nitrogen and oxygen atoms in total. The molecule has 0 saturated heterocycles. The van der Waals surface area contributed by atoms with Crippen LogP contribution in [0.15, 0.2) is 24.3 Å². The molecule has 88 valence electrons. The first-order valence-corrected chi connectivity index (χ1v) is 7.00. The summed E-state index contributed by atoms with van der Waals surface area (Å²) in [6, 6.07) is 5.95. The van der Waals surface area contributed by atoms with Gasteiger partial charge in [0.2, 0.25) is 10.0 Å². The van der Waals surface area contributed by atoms with Gasteiger partial charge in [0.1, 0.15) is 4.66 Å². The molecule has 0 fully saturated rings. The van der Waals surface area contributed by atoms with Gasteiger partial charge in [0.25, 0.3) is 0 Å². The standard InChI is InChI=1S/C9H10BrNO4S/c1-15-9(12)7-2-4-8(5-3-7)11-16(13,14)6-10/h2-5,11H,6H2,1H3. The first-order valence-electron chi connectivity index (χ1n) is 4.23. The van der Waals surface area contributed by atoms with E-state index in [0.29, 0.717) is 11.3 Å². The first kappa shape index (κ1) is 13.0. The van der Waals surface area contributed by atoms with Crippen molar-refractivity contribution in [2.75, 3.05) is 16.5 Å². The van der Waals surface area contributed by atoms with Crippen LogP contribution in [0.2, 0.25) is 0 Å². The normalized spacial score (nSPS) is 10.9. The Morgan fingerprint density at radius 2 is 1.94 bits per heavy atom. The molecule has 0 heterocycles. The van der Waals surface area contributed by atoms with E-state index in [1.54, 1.807) is 0 Å². The molecule has 7 heteroatoms. The molecular weight excluding hydrogens is 298 g/mol. The zero-order valence-electron chi connectivity index (χ0n) is 8.44. The molecule has 1 rings (SSSR count). The maximum atomic E-state index is 11.2. The molecule has 1 N–H and O–H groups in total. The summed E-state index contributed by atoms with van der Waals surface area (Å²) in [6.45, 7) is 0. The van der Waals surface area contributed by atoms with Gasteiger partial charge in [-0.05, 0) is 24.3 Å². The maximum absolute atomic E-state index is 11.2. The molecule has 0 aliphatic heterocycles. The summed E-state index contributed by atoms with van der Waals surface area (Å²) in [4.78, 5) is 11.1. The summed E-state index contributed by atoms with van der Waals surface area (Å²) in [5, 5.41) is 0. The van der Waals surface area contributed by atoms with Gasteiger partial charge in [-0.25, -0.2) is 13.2 Å². The molecule has 1 aromatic carbocycles. The van der Waals surface area contributed by atoms with Crippen molar-refractivity contribution in [3.63, 3.8) is 0 Å². The fourth-order valence-corrected chi connectivity index (χ4v) is 1.89. The zero-order valence-corrected chi connectivity index (χ0v) is 10.8. The second-order valence-corrected chi connectivity index (χ2v) is 5.92. The van der Waals surface area contributed by atoms with Crippen LogP contribution in [0.4, 0.5) is 5.69 Å². The Labute approximate surface area is 102 Å². The number of carbonyl (C=O) groups excluding carboxylic acids is 1. The molecule has 0 amide bonds. The number of esters is 1. The Kier molecular flexibility index (Phi) is 4.31. The van der Waals surface area contributed by atoms with Crippen LogP contribution in [0.3, 0.4) is 0 Å². The number of ether oxygens (including phenoxy) is 1. The molecule has 0 unspecified atom stereocenters.